The Morgan fingerprint density at radius 3 is 2.36 bits per heavy atom. The molecule has 0 aromatic carbocycles. The van der Waals surface area contributed by atoms with Crippen molar-refractivity contribution in [2.75, 3.05) is 20.3 Å². The van der Waals surface area contributed by atoms with Gasteiger partial charge in [-0.05, 0) is 13.8 Å². The smallest absolute Gasteiger partial charge is 0.332 e. The summed E-state index contributed by atoms with van der Waals surface area (Å²) < 4.78 is 8.46. The quantitative estimate of drug-likeness (QED) is 0.692. The summed E-state index contributed by atoms with van der Waals surface area (Å²) in [6, 6.07) is 1.14. The Hall–Kier alpha value is -2.68. The average Bonchev–Trinajstić information content (AvgIpc) is 2.59. The van der Waals surface area contributed by atoms with Gasteiger partial charge in [0.2, 0.25) is 0 Å². The van der Waals surface area contributed by atoms with Gasteiger partial charge < -0.3 is 10.1 Å². The van der Waals surface area contributed by atoms with E-state index in [1.165, 1.54) is 23.3 Å². The number of hydrogen-bond acceptors (Lipinski definition) is 5. The first-order valence-corrected chi connectivity index (χ1v) is 8.03. The second-order valence-electron chi connectivity index (χ2n) is 5.48. The summed E-state index contributed by atoms with van der Waals surface area (Å²) in [6.45, 7) is 4.37. The standard InChI is InChI=1S/C16H22N4O5/c1-5-19-11(21)9-10(13(22)17-7-8-25-4)12-14(19)18(3)16(24)20(6-2)15(12)23/h9H,5-8H2,1-4H3,(H,17,22). The van der Waals surface area contributed by atoms with Crippen LogP contribution in [0, 0.1) is 0 Å². The average molecular weight is 350 g/mol. The largest absolute Gasteiger partial charge is 0.383 e. The summed E-state index contributed by atoms with van der Waals surface area (Å²) in [7, 11) is 2.98. The van der Waals surface area contributed by atoms with Gasteiger partial charge in [0, 0.05) is 39.9 Å². The number of carbonyl (C=O) groups excluding carboxylic acids is 1. The Kier molecular flexibility index (Phi) is 5.58. The van der Waals surface area contributed by atoms with Crippen molar-refractivity contribution in [3.05, 3.63) is 42.8 Å². The summed E-state index contributed by atoms with van der Waals surface area (Å²) >= 11 is 0. The molecule has 1 amide bonds. The van der Waals surface area contributed by atoms with Gasteiger partial charge in [0.05, 0.1) is 17.6 Å². The highest BCUT2D eigenvalue weighted by Crippen LogP contribution is 2.11. The highest BCUT2D eigenvalue weighted by molar-refractivity contribution is 6.05. The van der Waals surface area contributed by atoms with Gasteiger partial charge in [-0.15, -0.1) is 0 Å². The monoisotopic (exact) mass is 350 g/mol. The number of pyridine rings is 1. The van der Waals surface area contributed by atoms with E-state index in [-0.39, 0.29) is 36.2 Å². The number of methoxy groups -OCH3 is 1. The maximum absolute atomic E-state index is 12.8. The summed E-state index contributed by atoms with van der Waals surface area (Å²) in [5.41, 5.74) is -1.45. The highest BCUT2D eigenvalue weighted by Gasteiger charge is 2.21. The second-order valence-corrected chi connectivity index (χ2v) is 5.48. The minimum Gasteiger partial charge on any atom is -0.383 e. The number of fused-ring (bicyclic) bond motifs is 1. The molecule has 0 spiro atoms. The number of aromatic nitrogens is 3. The molecule has 0 unspecified atom stereocenters. The number of nitrogens with one attached hydrogen (secondary N) is 1. The molecule has 25 heavy (non-hydrogen) atoms. The predicted molar refractivity (Wildman–Crippen MR) is 93.3 cm³/mol. The van der Waals surface area contributed by atoms with Gasteiger partial charge in [-0.3, -0.25) is 28.1 Å². The first-order valence-electron chi connectivity index (χ1n) is 8.03. The zero-order valence-electron chi connectivity index (χ0n) is 14.8. The predicted octanol–water partition coefficient (Wildman–Crippen LogP) is -0.722. The van der Waals surface area contributed by atoms with E-state index >= 15 is 0 Å². The number of rotatable bonds is 6. The van der Waals surface area contributed by atoms with Gasteiger partial charge in [-0.25, -0.2) is 4.79 Å². The van der Waals surface area contributed by atoms with Crippen LogP contribution in [-0.2, 0) is 24.9 Å². The van der Waals surface area contributed by atoms with Crippen LogP contribution in [0.25, 0.3) is 11.0 Å². The van der Waals surface area contributed by atoms with Crippen LogP contribution < -0.4 is 22.1 Å². The molecule has 2 aromatic rings. The summed E-state index contributed by atoms with van der Waals surface area (Å²) in [5.74, 6) is -0.555. The molecule has 0 fully saturated rings. The zero-order valence-corrected chi connectivity index (χ0v) is 14.8. The van der Waals surface area contributed by atoms with Crippen LogP contribution in [0.1, 0.15) is 24.2 Å². The van der Waals surface area contributed by atoms with Crippen LogP contribution in [0.15, 0.2) is 20.4 Å². The molecule has 9 nitrogen and oxygen atoms in total. The molecule has 9 heteroatoms. The van der Waals surface area contributed by atoms with E-state index in [4.69, 9.17) is 4.74 Å². The number of ether oxygens (including phenoxy) is 1. The van der Waals surface area contributed by atoms with Gasteiger partial charge >= 0.3 is 5.69 Å². The number of amides is 1. The lowest BCUT2D eigenvalue weighted by Gasteiger charge is -2.16. The summed E-state index contributed by atoms with van der Waals surface area (Å²) in [5, 5.41) is 2.66. The lowest BCUT2D eigenvalue weighted by atomic mass is 10.1. The van der Waals surface area contributed by atoms with Crippen LogP contribution in [0.4, 0.5) is 0 Å². The van der Waals surface area contributed by atoms with Crippen molar-refractivity contribution in [2.24, 2.45) is 7.05 Å². The SMILES string of the molecule is CCn1c(=O)c2c(C(=O)NCCOC)cc(=O)n(CC)c2n(C)c1=O. The van der Waals surface area contributed by atoms with E-state index in [1.54, 1.807) is 13.8 Å². The third-order valence-corrected chi connectivity index (χ3v) is 4.05. The van der Waals surface area contributed by atoms with E-state index in [0.29, 0.717) is 6.61 Å². The minimum absolute atomic E-state index is 0.0383. The number of carbonyl (C=O) groups is 1. The Balaban J connectivity index is 2.91. The molecule has 2 heterocycles. The molecule has 1 N–H and O–H groups in total. The van der Waals surface area contributed by atoms with E-state index in [1.807, 2.05) is 0 Å². The van der Waals surface area contributed by atoms with Crippen molar-refractivity contribution in [1.29, 1.82) is 0 Å². The third kappa shape index (κ3) is 3.14. The van der Waals surface area contributed by atoms with Crippen LogP contribution >= 0.6 is 0 Å². The highest BCUT2D eigenvalue weighted by atomic mass is 16.5. The minimum atomic E-state index is -0.584. The Morgan fingerprint density at radius 1 is 1.16 bits per heavy atom. The van der Waals surface area contributed by atoms with Crippen molar-refractivity contribution in [1.82, 2.24) is 19.0 Å². The van der Waals surface area contributed by atoms with Gasteiger partial charge in [0.15, 0.2) is 0 Å². The van der Waals surface area contributed by atoms with E-state index < -0.39 is 22.7 Å². The molecular formula is C16H22N4O5. The van der Waals surface area contributed by atoms with E-state index in [0.717, 1.165) is 10.6 Å². The molecule has 2 rings (SSSR count). The molecule has 0 saturated carbocycles. The van der Waals surface area contributed by atoms with Crippen LogP contribution in [0.5, 0.6) is 0 Å². The molecule has 0 radical (unpaired) electrons. The number of aryl methyl sites for hydroxylation is 2. The molecule has 2 aromatic heterocycles. The fourth-order valence-corrected chi connectivity index (χ4v) is 2.81. The van der Waals surface area contributed by atoms with Crippen LogP contribution in [0.2, 0.25) is 0 Å². The maximum Gasteiger partial charge on any atom is 0.332 e. The molecule has 0 atom stereocenters. The van der Waals surface area contributed by atoms with Gasteiger partial charge in [-0.2, -0.15) is 0 Å². The van der Waals surface area contributed by atoms with Crippen molar-refractivity contribution < 1.29 is 9.53 Å². The van der Waals surface area contributed by atoms with Gasteiger partial charge in [0.25, 0.3) is 17.0 Å². The molecule has 0 aliphatic carbocycles. The zero-order chi connectivity index (χ0) is 18.7. The third-order valence-electron chi connectivity index (χ3n) is 4.05. The number of nitrogens with zero attached hydrogens (tertiary/aromatic N) is 3. The first-order chi connectivity index (χ1) is 11.9. The molecule has 0 saturated heterocycles. The van der Waals surface area contributed by atoms with Crippen molar-refractivity contribution in [2.45, 2.75) is 26.9 Å². The molecule has 0 aliphatic rings. The fraction of sp³-hybridized carbons (Fsp3) is 0.500. The summed E-state index contributed by atoms with van der Waals surface area (Å²) in [6.07, 6.45) is 0. The second kappa shape index (κ2) is 7.47. The van der Waals surface area contributed by atoms with E-state index in [2.05, 4.69) is 5.32 Å². The van der Waals surface area contributed by atoms with Crippen molar-refractivity contribution in [3.8, 4) is 0 Å². The lowest BCUT2D eigenvalue weighted by molar-refractivity contribution is 0.0938. The van der Waals surface area contributed by atoms with Crippen LogP contribution in [0.3, 0.4) is 0 Å². The molecule has 136 valence electrons. The van der Waals surface area contributed by atoms with Crippen molar-refractivity contribution >= 4 is 16.9 Å². The van der Waals surface area contributed by atoms with Crippen molar-refractivity contribution in [3.63, 3.8) is 0 Å². The molecule has 0 aliphatic heterocycles. The lowest BCUT2D eigenvalue weighted by Crippen LogP contribution is -2.42. The normalized spacial score (nSPS) is 11.0. The summed E-state index contributed by atoms with van der Waals surface area (Å²) in [4.78, 5) is 50.1. The van der Waals surface area contributed by atoms with E-state index in [9.17, 15) is 19.2 Å². The molecule has 0 bridgehead atoms. The fourth-order valence-electron chi connectivity index (χ4n) is 2.81. The maximum atomic E-state index is 12.8. The Morgan fingerprint density at radius 2 is 1.80 bits per heavy atom. The Labute approximate surface area is 143 Å². The number of hydrogen-bond donors (Lipinski definition) is 1. The van der Waals surface area contributed by atoms with Crippen LogP contribution in [-0.4, -0.2) is 39.9 Å². The van der Waals surface area contributed by atoms with Gasteiger partial charge in [-0.1, -0.05) is 0 Å². The Bertz CT molecular complexity index is 983. The van der Waals surface area contributed by atoms with Gasteiger partial charge in [0.1, 0.15) is 5.65 Å². The topological polar surface area (TPSA) is 104 Å². The first kappa shape index (κ1) is 18.7. The molecular weight excluding hydrogens is 328 g/mol.